The number of nitrogens with zero attached hydrogens (tertiary/aromatic N) is 4. The molecule has 40 heavy (non-hydrogen) atoms. The van der Waals surface area contributed by atoms with Crippen LogP contribution in [0.15, 0.2) is 53.5 Å². The van der Waals surface area contributed by atoms with E-state index >= 15 is 8.78 Å². The zero-order valence-corrected chi connectivity index (χ0v) is 21.1. The highest BCUT2D eigenvalue weighted by Crippen LogP contribution is 2.49. The Bertz CT molecular complexity index is 1280. The molecule has 0 aromatic carbocycles. The van der Waals surface area contributed by atoms with Crippen molar-refractivity contribution in [3.8, 4) is 0 Å². The maximum absolute atomic E-state index is 15.3. The summed E-state index contributed by atoms with van der Waals surface area (Å²) >= 11 is 0. The molecule has 0 radical (unpaired) electrons. The molecule has 4 aliphatic rings. The number of alkyl halides is 2. The molecule has 5 rings (SSSR count). The number of nitrogens with one attached hydrogen (secondary N) is 2. The molecule has 1 aromatic heterocycles. The quantitative estimate of drug-likeness (QED) is 0.398. The van der Waals surface area contributed by atoms with Gasteiger partial charge in [-0.25, -0.2) is 33.4 Å². The van der Waals surface area contributed by atoms with Crippen LogP contribution in [-0.2, 0) is 19.2 Å². The minimum absolute atomic E-state index is 0.00308. The Morgan fingerprint density at radius 3 is 2.67 bits per heavy atom. The molecular weight excluding hydrogens is 540 g/mol. The lowest BCUT2D eigenvalue weighted by Gasteiger charge is -2.30. The van der Waals surface area contributed by atoms with Gasteiger partial charge < -0.3 is 15.0 Å². The van der Waals surface area contributed by atoms with Crippen LogP contribution in [0.3, 0.4) is 0 Å². The number of esters is 1. The van der Waals surface area contributed by atoms with Crippen LogP contribution in [-0.4, -0.2) is 82.1 Å². The summed E-state index contributed by atoms with van der Waals surface area (Å²) in [5.74, 6) is -4.10. The van der Waals surface area contributed by atoms with Crippen LogP contribution in [0, 0.1) is 5.92 Å². The molecule has 15 heteroatoms. The maximum Gasteiger partial charge on any atom is 0.348 e. The average Bonchev–Trinajstić information content (AvgIpc) is 3.60. The number of carbonyl (C=O) groups excluding carboxylic acids is 3. The second-order valence-corrected chi connectivity index (χ2v) is 9.89. The van der Waals surface area contributed by atoms with Gasteiger partial charge in [0.2, 0.25) is 5.95 Å². The Morgan fingerprint density at radius 2 is 1.95 bits per heavy atom. The highest BCUT2D eigenvalue weighted by atomic mass is 19.3. The van der Waals surface area contributed by atoms with Crippen LogP contribution in [0.1, 0.15) is 25.7 Å². The van der Waals surface area contributed by atoms with Gasteiger partial charge in [-0.1, -0.05) is 5.57 Å². The third-order valence-corrected chi connectivity index (χ3v) is 7.03. The van der Waals surface area contributed by atoms with Gasteiger partial charge in [0, 0.05) is 50.8 Å². The summed E-state index contributed by atoms with van der Waals surface area (Å²) in [6.07, 6.45) is 2.65. The lowest BCUT2D eigenvalue weighted by atomic mass is 9.87. The molecule has 2 fully saturated rings. The number of urea groups is 1. The molecule has 2 aliphatic heterocycles. The number of halogens is 4. The first-order chi connectivity index (χ1) is 19.1. The number of anilines is 1. The van der Waals surface area contributed by atoms with Gasteiger partial charge in [0.15, 0.2) is 0 Å². The van der Waals surface area contributed by atoms with Crippen LogP contribution >= 0.6 is 0 Å². The van der Waals surface area contributed by atoms with E-state index < -0.39 is 53.5 Å². The summed E-state index contributed by atoms with van der Waals surface area (Å²) in [7, 11) is 0. The van der Waals surface area contributed by atoms with Crippen LogP contribution in [0.5, 0.6) is 0 Å². The number of allylic oxidation sites excluding steroid dienone is 3. The molecule has 1 saturated carbocycles. The number of hydroxylamine groups is 2. The van der Waals surface area contributed by atoms with E-state index in [1.54, 1.807) is 6.07 Å². The van der Waals surface area contributed by atoms with Crippen LogP contribution in [0.4, 0.5) is 28.3 Å². The predicted molar refractivity (Wildman–Crippen MR) is 129 cm³/mol. The second-order valence-electron chi connectivity index (χ2n) is 9.89. The fourth-order valence-corrected chi connectivity index (χ4v) is 5.16. The van der Waals surface area contributed by atoms with Gasteiger partial charge >= 0.3 is 18.4 Å². The van der Waals surface area contributed by atoms with Crippen molar-refractivity contribution in [3.63, 3.8) is 0 Å². The molecule has 1 saturated heterocycles. The van der Waals surface area contributed by atoms with Crippen molar-refractivity contribution < 1.29 is 41.5 Å². The average molecular weight is 567 g/mol. The lowest BCUT2D eigenvalue weighted by Crippen LogP contribution is -2.39. The SMILES string of the molecule is O=C1C=C(CC2C=C(F)C(N3CCON(C(=O)Nc4ncccn4)CC3)=C(F)C2)CC2(CC2NC(=O)C(F)F)O1. The van der Waals surface area contributed by atoms with Crippen molar-refractivity contribution in [1.82, 2.24) is 25.2 Å². The number of aromatic nitrogens is 2. The van der Waals surface area contributed by atoms with Crippen molar-refractivity contribution in [2.24, 2.45) is 5.92 Å². The smallest absolute Gasteiger partial charge is 0.348 e. The van der Waals surface area contributed by atoms with Crippen molar-refractivity contribution in [2.75, 3.05) is 31.6 Å². The van der Waals surface area contributed by atoms with E-state index in [0.717, 1.165) is 5.06 Å². The van der Waals surface area contributed by atoms with Gasteiger partial charge in [0.05, 0.1) is 19.2 Å². The number of amides is 3. The molecule has 1 aromatic rings. The van der Waals surface area contributed by atoms with Crippen molar-refractivity contribution in [3.05, 3.63) is 53.5 Å². The normalized spacial score (nSPS) is 26.7. The minimum atomic E-state index is -3.19. The highest BCUT2D eigenvalue weighted by Gasteiger charge is 2.60. The molecule has 2 aliphatic carbocycles. The summed E-state index contributed by atoms with van der Waals surface area (Å²) in [5, 5.41) is 5.69. The maximum atomic E-state index is 15.3. The van der Waals surface area contributed by atoms with Crippen LogP contribution in [0.2, 0.25) is 0 Å². The molecule has 0 bridgehead atoms. The first kappa shape index (κ1) is 27.6. The number of hydrogen-bond acceptors (Lipinski definition) is 8. The summed E-state index contributed by atoms with van der Waals surface area (Å²) in [4.78, 5) is 50.7. The predicted octanol–water partition coefficient (Wildman–Crippen LogP) is 2.77. The van der Waals surface area contributed by atoms with Gasteiger partial charge in [-0.3, -0.25) is 14.9 Å². The van der Waals surface area contributed by atoms with Crippen molar-refractivity contribution in [1.29, 1.82) is 0 Å². The Balaban J connectivity index is 1.17. The highest BCUT2D eigenvalue weighted by molar-refractivity contribution is 5.86. The summed E-state index contributed by atoms with van der Waals surface area (Å²) in [6, 6.07) is 0.232. The number of ether oxygens (including phenoxy) is 1. The van der Waals surface area contributed by atoms with Crippen LogP contribution < -0.4 is 10.6 Å². The van der Waals surface area contributed by atoms with Gasteiger partial charge in [0.1, 0.15) is 23.0 Å². The van der Waals surface area contributed by atoms with Gasteiger partial charge in [-0.15, -0.1) is 0 Å². The monoisotopic (exact) mass is 566 g/mol. The topological polar surface area (TPSA) is 126 Å². The van der Waals surface area contributed by atoms with Gasteiger partial charge in [-0.2, -0.15) is 8.78 Å². The molecule has 1 spiro atoms. The molecule has 3 heterocycles. The number of hydrogen-bond donors (Lipinski definition) is 2. The zero-order chi connectivity index (χ0) is 28.4. The van der Waals surface area contributed by atoms with E-state index in [1.165, 1.54) is 29.4 Å². The zero-order valence-electron chi connectivity index (χ0n) is 21.1. The fraction of sp³-hybridized carbons (Fsp3) is 0.480. The lowest BCUT2D eigenvalue weighted by molar-refractivity contribution is -0.148. The summed E-state index contributed by atoms with van der Waals surface area (Å²) in [5.41, 5.74) is -0.763. The van der Waals surface area contributed by atoms with E-state index in [-0.39, 0.29) is 63.6 Å². The van der Waals surface area contributed by atoms with Crippen molar-refractivity contribution in [2.45, 2.75) is 43.8 Å². The standard InChI is InChI=1S/C25H26F4N6O5/c26-16-9-14(8-15-11-19(36)40-25(12-15)13-18(25)32-22(37)21(28)29)10-17(27)20(16)34-4-5-35(39-7-6-34)24(38)33-23-30-2-1-3-31-23/h1-3,9,11,14,18,21H,4-8,10,12-13H2,(H,32,37)(H,30,31,33,38). The first-order valence-electron chi connectivity index (χ1n) is 12.6. The third-order valence-electron chi connectivity index (χ3n) is 7.03. The minimum Gasteiger partial charge on any atom is -0.453 e. The Kier molecular flexibility index (Phi) is 7.74. The largest absolute Gasteiger partial charge is 0.453 e. The molecule has 214 valence electrons. The van der Waals surface area contributed by atoms with Gasteiger partial charge in [-0.05, 0) is 24.5 Å². The number of rotatable bonds is 6. The number of carbonyl (C=O) groups is 3. The van der Waals surface area contributed by atoms with Gasteiger partial charge in [0.25, 0.3) is 5.91 Å². The molecule has 3 unspecified atom stereocenters. The Labute approximate surface area is 225 Å². The molecule has 3 atom stereocenters. The Hall–Kier alpha value is -4.01. The van der Waals surface area contributed by atoms with E-state index in [0.29, 0.717) is 5.57 Å². The molecule has 2 N–H and O–H groups in total. The molecule has 3 amide bonds. The summed E-state index contributed by atoms with van der Waals surface area (Å²) in [6.45, 7) is 0.248. The second kappa shape index (κ2) is 11.2. The summed E-state index contributed by atoms with van der Waals surface area (Å²) < 4.78 is 61.0. The molecular formula is C25H26F4N6O5. The van der Waals surface area contributed by atoms with Crippen molar-refractivity contribution >= 4 is 23.9 Å². The third kappa shape index (κ3) is 6.08. The fourth-order valence-electron chi connectivity index (χ4n) is 5.16. The van der Waals surface area contributed by atoms with E-state index in [4.69, 9.17) is 9.57 Å². The Morgan fingerprint density at radius 1 is 1.18 bits per heavy atom. The first-order valence-corrected chi connectivity index (χ1v) is 12.6. The van der Waals surface area contributed by atoms with E-state index in [9.17, 15) is 23.2 Å². The van der Waals surface area contributed by atoms with E-state index in [2.05, 4.69) is 20.6 Å². The van der Waals surface area contributed by atoms with E-state index in [1.807, 2.05) is 0 Å². The van der Waals surface area contributed by atoms with Crippen LogP contribution in [0.25, 0.3) is 0 Å². The molecule has 11 nitrogen and oxygen atoms in total.